The number of hydrogen-bond acceptors (Lipinski definition) is 1. The zero-order chi connectivity index (χ0) is 24.5. The number of carbonyl (C=O) groups is 1. The number of halogens is 1. The molecule has 0 aromatic heterocycles. The SMILES string of the molecule is CC[NH+](CC)CCNC(=O)CCCCCCC/C=C\CCCCCCCCCc1ccccc1.[Cl-]. The average molecular weight is 507 g/mol. The second-order valence-corrected chi connectivity index (χ2v) is 9.83. The molecule has 1 rings (SSSR count). The van der Waals surface area contributed by atoms with Gasteiger partial charge >= 0.3 is 0 Å². The number of hydrogen-bond donors (Lipinski definition) is 2. The summed E-state index contributed by atoms with van der Waals surface area (Å²) in [7, 11) is 0. The summed E-state index contributed by atoms with van der Waals surface area (Å²) in [5.41, 5.74) is 1.48. The van der Waals surface area contributed by atoms with Gasteiger partial charge in [-0.3, -0.25) is 4.79 Å². The van der Waals surface area contributed by atoms with Crippen LogP contribution < -0.4 is 22.6 Å². The lowest BCUT2D eigenvalue weighted by Crippen LogP contribution is -3.12. The smallest absolute Gasteiger partial charge is 0.220 e. The number of unbranched alkanes of at least 4 members (excludes halogenated alkanes) is 12. The van der Waals surface area contributed by atoms with Gasteiger partial charge in [-0.25, -0.2) is 0 Å². The zero-order valence-corrected chi connectivity index (χ0v) is 23.7. The van der Waals surface area contributed by atoms with Gasteiger partial charge in [0.15, 0.2) is 0 Å². The highest BCUT2D eigenvalue weighted by Gasteiger charge is 2.04. The van der Waals surface area contributed by atoms with E-state index in [1.54, 1.807) is 4.90 Å². The van der Waals surface area contributed by atoms with Crippen LogP contribution in [0.5, 0.6) is 0 Å². The van der Waals surface area contributed by atoms with Crippen LogP contribution in [0, 0.1) is 0 Å². The Kier molecular flexibility index (Phi) is 24.8. The minimum absolute atomic E-state index is 0. The summed E-state index contributed by atoms with van der Waals surface area (Å²) >= 11 is 0. The van der Waals surface area contributed by atoms with Gasteiger partial charge in [0, 0.05) is 6.42 Å². The molecule has 0 spiro atoms. The number of allylic oxidation sites excluding steroid dienone is 2. The maximum absolute atomic E-state index is 11.9. The third-order valence-corrected chi connectivity index (χ3v) is 6.92. The molecule has 0 fully saturated rings. The highest BCUT2D eigenvalue weighted by atomic mass is 35.5. The summed E-state index contributed by atoms with van der Waals surface area (Å²) in [6.45, 7) is 8.54. The van der Waals surface area contributed by atoms with Crippen LogP contribution in [0.2, 0.25) is 0 Å². The molecular formula is C31H55ClN2O. The first-order valence-electron chi connectivity index (χ1n) is 14.6. The van der Waals surface area contributed by atoms with Gasteiger partial charge in [0.2, 0.25) is 5.91 Å². The van der Waals surface area contributed by atoms with Gasteiger partial charge in [-0.05, 0) is 64.4 Å². The minimum Gasteiger partial charge on any atom is -1.00 e. The minimum atomic E-state index is 0. The lowest BCUT2D eigenvalue weighted by Gasteiger charge is -2.15. The first-order valence-corrected chi connectivity index (χ1v) is 14.6. The number of rotatable bonds is 23. The Labute approximate surface area is 223 Å². The predicted octanol–water partition coefficient (Wildman–Crippen LogP) is 3.68. The van der Waals surface area contributed by atoms with Crippen LogP contribution in [0.15, 0.2) is 42.5 Å². The molecule has 1 amide bonds. The topological polar surface area (TPSA) is 33.5 Å². The molecule has 0 aliphatic rings. The van der Waals surface area contributed by atoms with Crippen LogP contribution in [0.25, 0.3) is 0 Å². The quantitative estimate of drug-likeness (QED) is 0.172. The maximum atomic E-state index is 11.9. The van der Waals surface area contributed by atoms with E-state index in [1.807, 2.05) is 0 Å². The normalized spacial score (nSPS) is 11.2. The molecule has 1 aromatic carbocycles. The lowest BCUT2D eigenvalue weighted by atomic mass is 10.0. The summed E-state index contributed by atoms with van der Waals surface area (Å²) < 4.78 is 0. The Balaban J connectivity index is 0.0000116. The van der Waals surface area contributed by atoms with E-state index in [0.717, 1.165) is 32.6 Å². The van der Waals surface area contributed by atoms with Gasteiger partial charge in [-0.2, -0.15) is 0 Å². The second-order valence-electron chi connectivity index (χ2n) is 9.83. The van der Waals surface area contributed by atoms with Gasteiger partial charge in [0.05, 0.1) is 26.2 Å². The lowest BCUT2D eigenvalue weighted by molar-refractivity contribution is -0.895. The molecule has 3 nitrogen and oxygen atoms in total. The first kappa shape index (κ1) is 33.7. The van der Waals surface area contributed by atoms with Crippen LogP contribution in [-0.4, -0.2) is 32.1 Å². The summed E-state index contributed by atoms with van der Waals surface area (Å²) in [6.07, 6.45) is 24.9. The van der Waals surface area contributed by atoms with E-state index in [9.17, 15) is 4.79 Å². The molecule has 0 bridgehead atoms. The van der Waals surface area contributed by atoms with Crippen molar-refractivity contribution in [3.8, 4) is 0 Å². The fourth-order valence-electron chi connectivity index (χ4n) is 4.50. The highest BCUT2D eigenvalue weighted by molar-refractivity contribution is 5.75. The number of nitrogens with one attached hydrogen (secondary N) is 2. The summed E-state index contributed by atoms with van der Waals surface area (Å²) in [6, 6.07) is 10.9. The van der Waals surface area contributed by atoms with Crippen molar-refractivity contribution in [3.63, 3.8) is 0 Å². The van der Waals surface area contributed by atoms with Crippen molar-refractivity contribution in [2.75, 3.05) is 26.2 Å². The number of aryl methyl sites for hydroxylation is 1. The Bertz CT molecular complexity index is 601. The number of amides is 1. The molecule has 0 unspecified atom stereocenters. The van der Waals surface area contributed by atoms with Crippen molar-refractivity contribution < 1.29 is 22.1 Å². The van der Waals surface area contributed by atoms with Gasteiger partial charge < -0.3 is 22.6 Å². The molecule has 1 aromatic rings. The van der Waals surface area contributed by atoms with Crippen molar-refractivity contribution in [3.05, 3.63) is 48.0 Å². The molecule has 202 valence electrons. The Morgan fingerprint density at radius 3 is 1.83 bits per heavy atom. The number of likely N-dealkylation sites (N-methyl/N-ethyl adjacent to an activating group) is 1. The number of quaternary nitrogens is 1. The fraction of sp³-hybridized carbons (Fsp3) is 0.710. The van der Waals surface area contributed by atoms with E-state index in [4.69, 9.17) is 0 Å². The molecule has 0 saturated heterocycles. The molecule has 35 heavy (non-hydrogen) atoms. The number of benzene rings is 1. The summed E-state index contributed by atoms with van der Waals surface area (Å²) in [5, 5.41) is 3.07. The van der Waals surface area contributed by atoms with E-state index in [1.165, 1.54) is 95.5 Å². The largest absolute Gasteiger partial charge is 1.00 e. The molecular weight excluding hydrogens is 452 g/mol. The monoisotopic (exact) mass is 506 g/mol. The Hall–Kier alpha value is -1.32. The molecule has 0 aliphatic heterocycles. The standard InChI is InChI=1S/C31H54N2O.ClH/c1-3-33(4-2)29-28-32-31(34)27-23-18-16-14-12-10-8-6-5-7-9-11-13-15-17-20-24-30-25-21-19-22-26-30;/h6,8,19,21-22,25-26H,3-5,7,9-18,20,23-24,27-29H2,1-2H3,(H,32,34);1H/b8-6-;. The fourth-order valence-corrected chi connectivity index (χ4v) is 4.50. The van der Waals surface area contributed by atoms with E-state index in [0.29, 0.717) is 6.42 Å². The van der Waals surface area contributed by atoms with E-state index in [-0.39, 0.29) is 18.3 Å². The second kappa shape index (κ2) is 25.8. The van der Waals surface area contributed by atoms with Crippen molar-refractivity contribution in [2.24, 2.45) is 0 Å². The van der Waals surface area contributed by atoms with Crippen molar-refractivity contribution in [1.82, 2.24) is 5.32 Å². The van der Waals surface area contributed by atoms with Gasteiger partial charge in [-0.1, -0.05) is 93.9 Å². The van der Waals surface area contributed by atoms with Crippen molar-refractivity contribution in [1.29, 1.82) is 0 Å². The molecule has 4 heteroatoms. The number of carbonyl (C=O) groups excluding carboxylic acids is 1. The third kappa shape index (κ3) is 21.7. The van der Waals surface area contributed by atoms with Crippen LogP contribution in [0.3, 0.4) is 0 Å². The van der Waals surface area contributed by atoms with Crippen LogP contribution >= 0.6 is 0 Å². The molecule has 0 heterocycles. The first-order chi connectivity index (χ1) is 16.8. The molecule has 0 atom stereocenters. The zero-order valence-electron chi connectivity index (χ0n) is 23.0. The van der Waals surface area contributed by atoms with E-state index in [2.05, 4.69) is 61.6 Å². The van der Waals surface area contributed by atoms with E-state index < -0.39 is 0 Å². The maximum Gasteiger partial charge on any atom is 0.220 e. The molecule has 0 aliphatic carbocycles. The van der Waals surface area contributed by atoms with Crippen molar-refractivity contribution >= 4 is 5.91 Å². The third-order valence-electron chi connectivity index (χ3n) is 6.92. The van der Waals surface area contributed by atoms with E-state index >= 15 is 0 Å². The van der Waals surface area contributed by atoms with Crippen molar-refractivity contribution in [2.45, 2.75) is 117 Å². The van der Waals surface area contributed by atoms with Crippen LogP contribution in [-0.2, 0) is 11.2 Å². The Morgan fingerprint density at radius 2 is 1.26 bits per heavy atom. The summed E-state index contributed by atoms with van der Waals surface area (Å²) in [4.78, 5) is 13.4. The summed E-state index contributed by atoms with van der Waals surface area (Å²) in [5.74, 6) is 0.234. The molecule has 0 saturated carbocycles. The predicted molar refractivity (Wildman–Crippen MR) is 148 cm³/mol. The van der Waals surface area contributed by atoms with Crippen LogP contribution in [0.1, 0.15) is 116 Å². The molecule has 0 radical (unpaired) electrons. The van der Waals surface area contributed by atoms with Gasteiger partial charge in [-0.15, -0.1) is 0 Å². The molecule has 2 N–H and O–H groups in total. The Morgan fingerprint density at radius 1 is 0.743 bits per heavy atom. The van der Waals surface area contributed by atoms with Gasteiger partial charge in [0.1, 0.15) is 0 Å². The van der Waals surface area contributed by atoms with Crippen LogP contribution in [0.4, 0.5) is 0 Å². The highest BCUT2D eigenvalue weighted by Crippen LogP contribution is 2.12. The van der Waals surface area contributed by atoms with Gasteiger partial charge in [0.25, 0.3) is 0 Å². The average Bonchev–Trinajstić information content (AvgIpc) is 2.86.